The molecule has 0 amide bonds. The summed E-state index contributed by atoms with van der Waals surface area (Å²) >= 11 is 0. The molecule has 6 heteroatoms. The van der Waals surface area contributed by atoms with E-state index in [0.29, 0.717) is 11.9 Å². The lowest BCUT2D eigenvalue weighted by Crippen LogP contribution is -2.36. The molecular formula is C13H16FN5. The van der Waals surface area contributed by atoms with Crippen molar-refractivity contribution in [1.29, 1.82) is 0 Å². The number of nitrogens with zero attached hydrogens (tertiary/aromatic N) is 5. The molecule has 0 bridgehead atoms. The van der Waals surface area contributed by atoms with Gasteiger partial charge in [0.25, 0.3) is 0 Å². The minimum Gasteiger partial charge on any atom is -0.341 e. The molecule has 0 atom stereocenters. The topological polar surface area (TPSA) is 46.8 Å². The molecule has 3 heterocycles. The average molecular weight is 261 g/mol. The Morgan fingerprint density at radius 3 is 2.58 bits per heavy atom. The highest BCUT2D eigenvalue weighted by Crippen LogP contribution is 2.21. The summed E-state index contributed by atoms with van der Waals surface area (Å²) in [5.74, 6) is 0.868. The van der Waals surface area contributed by atoms with Crippen LogP contribution in [0.4, 0.5) is 10.3 Å². The van der Waals surface area contributed by atoms with Crippen molar-refractivity contribution in [2.24, 2.45) is 5.92 Å². The van der Waals surface area contributed by atoms with Gasteiger partial charge in [0.2, 0.25) is 5.95 Å². The van der Waals surface area contributed by atoms with Crippen molar-refractivity contribution in [3.05, 3.63) is 36.7 Å². The molecule has 1 fully saturated rings. The molecule has 0 saturated carbocycles. The minimum absolute atomic E-state index is 0.391. The van der Waals surface area contributed by atoms with E-state index in [9.17, 15) is 4.39 Å². The number of anilines is 1. The predicted octanol–water partition coefficient (Wildman–Crippen LogP) is 1.73. The van der Waals surface area contributed by atoms with E-state index in [1.807, 2.05) is 23.1 Å². The van der Waals surface area contributed by atoms with Crippen molar-refractivity contribution in [2.45, 2.75) is 19.4 Å². The van der Waals surface area contributed by atoms with Crippen LogP contribution in [-0.4, -0.2) is 32.8 Å². The van der Waals surface area contributed by atoms with E-state index < -0.39 is 5.82 Å². The lowest BCUT2D eigenvalue weighted by Gasteiger charge is -2.31. The van der Waals surface area contributed by atoms with Gasteiger partial charge in [-0.3, -0.25) is 4.68 Å². The summed E-state index contributed by atoms with van der Waals surface area (Å²) in [6, 6.07) is 1.95. The van der Waals surface area contributed by atoms with Gasteiger partial charge in [-0.15, -0.1) is 0 Å². The average Bonchev–Trinajstić information content (AvgIpc) is 2.94. The van der Waals surface area contributed by atoms with Gasteiger partial charge in [-0.25, -0.2) is 14.4 Å². The number of hydrogen-bond acceptors (Lipinski definition) is 4. The van der Waals surface area contributed by atoms with Crippen LogP contribution in [0.3, 0.4) is 0 Å². The summed E-state index contributed by atoms with van der Waals surface area (Å²) in [6.07, 6.45) is 8.41. The molecule has 100 valence electrons. The summed E-state index contributed by atoms with van der Waals surface area (Å²) in [5.41, 5.74) is 0. The van der Waals surface area contributed by atoms with Gasteiger partial charge >= 0.3 is 0 Å². The first kappa shape index (κ1) is 12.1. The highest BCUT2D eigenvalue weighted by molar-refractivity contribution is 5.29. The number of hydrogen-bond donors (Lipinski definition) is 0. The van der Waals surface area contributed by atoms with Gasteiger partial charge in [0, 0.05) is 32.0 Å². The molecule has 0 radical (unpaired) electrons. The molecule has 0 aliphatic carbocycles. The molecule has 1 aliphatic heterocycles. The minimum atomic E-state index is -0.391. The highest BCUT2D eigenvalue weighted by atomic mass is 19.1. The molecule has 1 aliphatic rings. The Balaban J connectivity index is 1.56. The highest BCUT2D eigenvalue weighted by Gasteiger charge is 2.21. The third kappa shape index (κ3) is 2.89. The van der Waals surface area contributed by atoms with E-state index in [4.69, 9.17) is 0 Å². The van der Waals surface area contributed by atoms with Gasteiger partial charge in [-0.1, -0.05) is 0 Å². The molecule has 0 N–H and O–H groups in total. The molecular weight excluding hydrogens is 245 g/mol. The van der Waals surface area contributed by atoms with Crippen molar-refractivity contribution >= 4 is 5.95 Å². The lowest BCUT2D eigenvalue weighted by atomic mass is 9.97. The van der Waals surface area contributed by atoms with Crippen LogP contribution in [0, 0.1) is 11.7 Å². The molecule has 5 nitrogen and oxygen atoms in total. The van der Waals surface area contributed by atoms with Crippen LogP contribution in [-0.2, 0) is 6.54 Å². The summed E-state index contributed by atoms with van der Waals surface area (Å²) in [5, 5.41) is 4.23. The van der Waals surface area contributed by atoms with Crippen molar-refractivity contribution in [3.8, 4) is 0 Å². The zero-order chi connectivity index (χ0) is 13.1. The molecule has 2 aromatic rings. The monoisotopic (exact) mass is 261 g/mol. The van der Waals surface area contributed by atoms with Gasteiger partial charge in [0.1, 0.15) is 0 Å². The van der Waals surface area contributed by atoms with Crippen LogP contribution < -0.4 is 4.90 Å². The number of rotatable bonds is 3. The number of halogens is 1. The Morgan fingerprint density at radius 1 is 1.21 bits per heavy atom. The Bertz CT molecular complexity index is 502. The fourth-order valence-corrected chi connectivity index (χ4v) is 2.46. The second-order valence-corrected chi connectivity index (χ2v) is 4.86. The maximum atomic E-state index is 12.8. The normalized spacial score (nSPS) is 16.8. The van der Waals surface area contributed by atoms with E-state index in [2.05, 4.69) is 20.0 Å². The van der Waals surface area contributed by atoms with Crippen LogP contribution >= 0.6 is 0 Å². The Morgan fingerprint density at radius 2 is 1.95 bits per heavy atom. The SMILES string of the molecule is Fc1cnc(N2CCC(Cn3cccn3)CC2)nc1. The first-order valence-electron chi connectivity index (χ1n) is 6.51. The zero-order valence-electron chi connectivity index (χ0n) is 10.6. The van der Waals surface area contributed by atoms with Gasteiger partial charge in [0.05, 0.1) is 12.4 Å². The third-order valence-electron chi connectivity index (χ3n) is 3.51. The molecule has 0 aromatic carbocycles. The van der Waals surface area contributed by atoms with Crippen LogP contribution in [0.1, 0.15) is 12.8 Å². The van der Waals surface area contributed by atoms with E-state index in [0.717, 1.165) is 32.5 Å². The summed E-state index contributed by atoms with van der Waals surface area (Å²) in [6.45, 7) is 2.79. The van der Waals surface area contributed by atoms with Crippen molar-refractivity contribution in [2.75, 3.05) is 18.0 Å². The second-order valence-electron chi connectivity index (χ2n) is 4.86. The standard InChI is InChI=1S/C13H16FN5/c14-12-8-15-13(16-9-12)18-6-2-11(3-7-18)10-19-5-1-4-17-19/h1,4-5,8-9,11H,2-3,6-7,10H2. The van der Waals surface area contributed by atoms with Crippen LogP contribution in [0.5, 0.6) is 0 Å². The predicted molar refractivity (Wildman–Crippen MR) is 69.2 cm³/mol. The van der Waals surface area contributed by atoms with Crippen molar-refractivity contribution in [1.82, 2.24) is 19.7 Å². The third-order valence-corrected chi connectivity index (χ3v) is 3.51. The molecule has 3 rings (SSSR count). The van der Waals surface area contributed by atoms with E-state index >= 15 is 0 Å². The van der Waals surface area contributed by atoms with E-state index in [1.165, 1.54) is 12.4 Å². The first-order valence-corrected chi connectivity index (χ1v) is 6.51. The van der Waals surface area contributed by atoms with Crippen LogP contribution in [0.25, 0.3) is 0 Å². The maximum Gasteiger partial charge on any atom is 0.225 e. The van der Waals surface area contributed by atoms with Crippen LogP contribution in [0.15, 0.2) is 30.9 Å². The molecule has 0 unspecified atom stereocenters. The fourth-order valence-electron chi connectivity index (χ4n) is 2.46. The van der Waals surface area contributed by atoms with Crippen molar-refractivity contribution < 1.29 is 4.39 Å². The quantitative estimate of drug-likeness (QED) is 0.844. The largest absolute Gasteiger partial charge is 0.341 e. The van der Waals surface area contributed by atoms with Crippen LogP contribution in [0.2, 0.25) is 0 Å². The van der Waals surface area contributed by atoms with Gasteiger partial charge in [0.15, 0.2) is 5.82 Å². The fraction of sp³-hybridized carbons (Fsp3) is 0.462. The summed E-state index contributed by atoms with van der Waals surface area (Å²) < 4.78 is 14.8. The number of piperidine rings is 1. The molecule has 0 spiro atoms. The maximum absolute atomic E-state index is 12.8. The Labute approximate surface area is 111 Å². The zero-order valence-corrected chi connectivity index (χ0v) is 10.6. The second kappa shape index (κ2) is 5.34. The Kier molecular flexibility index (Phi) is 3.39. The lowest BCUT2D eigenvalue weighted by molar-refractivity contribution is 0.340. The van der Waals surface area contributed by atoms with Gasteiger partial charge < -0.3 is 4.90 Å². The smallest absolute Gasteiger partial charge is 0.225 e. The van der Waals surface area contributed by atoms with Crippen molar-refractivity contribution in [3.63, 3.8) is 0 Å². The molecule has 19 heavy (non-hydrogen) atoms. The van der Waals surface area contributed by atoms with Gasteiger partial charge in [-0.2, -0.15) is 5.10 Å². The number of aromatic nitrogens is 4. The van der Waals surface area contributed by atoms with E-state index in [1.54, 1.807) is 0 Å². The summed E-state index contributed by atoms with van der Waals surface area (Å²) in [4.78, 5) is 10.2. The molecule has 1 saturated heterocycles. The Hall–Kier alpha value is -1.98. The van der Waals surface area contributed by atoms with Gasteiger partial charge in [-0.05, 0) is 24.8 Å². The first-order chi connectivity index (χ1) is 9.31. The molecule has 2 aromatic heterocycles. The van der Waals surface area contributed by atoms with E-state index in [-0.39, 0.29) is 0 Å². The summed E-state index contributed by atoms with van der Waals surface area (Å²) in [7, 11) is 0.